The smallest absolute Gasteiger partial charge is 0.416 e. The minimum Gasteiger partial charge on any atom is -0.478 e. The highest BCUT2D eigenvalue weighted by Crippen LogP contribution is 2.34. The molecule has 4 aromatic rings. The van der Waals surface area contributed by atoms with Crippen molar-refractivity contribution in [2.75, 3.05) is 0 Å². The van der Waals surface area contributed by atoms with Crippen LogP contribution in [0.3, 0.4) is 0 Å². The number of carboxylic acids is 1. The largest absolute Gasteiger partial charge is 0.478 e. The fraction of sp³-hybridized carbons (Fsp3) is 0.167. The van der Waals surface area contributed by atoms with Gasteiger partial charge in [0.1, 0.15) is 11.0 Å². The van der Waals surface area contributed by atoms with Gasteiger partial charge in [0.05, 0.1) is 33.4 Å². The number of allylic oxidation sites excluding steroid dienone is 1. The number of aryl methyl sites for hydroxylation is 1. The van der Waals surface area contributed by atoms with Crippen molar-refractivity contribution in [2.24, 2.45) is 0 Å². The van der Waals surface area contributed by atoms with E-state index in [1.807, 2.05) is 0 Å². The summed E-state index contributed by atoms with van der Waals surface area (Å²) in [5.74, 6) is -0.748. The van der Waals surface area contributed by atoms with Crippen molar-refractivity contribution in [1.82, 2.24) is 19.3 Å². The maximum atomic E-state index is 13.2. The lowest BCUT2D eigenvalue weighted by Crippen LogP contribution is -2.21. The van der Waals surface area contributed by atoms with Crippen LogP contribution >= 0.6 is 11.6 Å². The number of fused-ring (bicyclic) bond motifs is 2. The van der Waals surface area contributed by atoms with Crippen molar-refractivity contribution in [1.29, 1.82) is 0 Å². The van der Waals surface area contributed by atoms with Crippen LogP contribution in [0.4, 0.5) is 13.2 Å². The summed E-state index contributed by atoms with van der Waals surface area (Å²) >= 11 is 6.54. The Morgan fingerprint density at radius 1 is 1.20 bits per heavy atom. The summed E-state index contributed by atoms with van der Waals surface area (Å²) in [6.07, 6.45) is -2.33. The van der Waals surface area contributed by atoms with Crippen molar-refractivity contribution in [2.45, 2.75) is 26.1 Å². The third-order valence-electron chi connectivity index (χ3n) is 5.88. The molecule has 1 aliphatic rings. The van der Waals surface area contributed by atoms with Gasteiger partial charge in [-0.15, -0.1) is 0 Å². The highest BCUT2D eigenvalue weighted by Gasteiger charge is 2.31. The number of halogens is 4. The molecule has 5 rings (SSSR count). The molecule has 11 heteroatoms. The van der Waals surface area contributed by atoms with Gasteiger partial charge in [-0.2, -0.15) is 18.3 Å². The van der Waals surface area contributed by atoms with Crippen LogP contribution in [-0.2, 0) is 12.7 Å². The third-order valence-corrected chi connectivity index (χ3v) is 6.24. The van der Waals surface area contributed by atoms with E-state index in [0.29, 0.717) is 41.0 Å². The Kier molecular flexibility index (Phi) is 5.28. The maximum absolute atomic E-state index is 13.2. The van der Waals surface area contributed by atoms with E-state index in [9.17, 15) is 27.9 Å². The number of rotatable bonds is 3. The Bertz CT molecular complexity index is 1620. The number of aromatic nitrogens is 4. The molecule has 0 spiro atoms. The van der Waals surface area contributed by atoms with Crippen LogP contribution in [0.25, 0.3) is 28.2 Å². The standard InChI is InChI=1S/C24H16ClF3N4O3/c1-12-18(20(25)32(30-12)16-4-2-3-15(11-16)24(26,27)28)9-13-7-8-31-21(13)29-19-10-14(23(34)35)5-6-17(19)22(31)33/h2-6,9-11H,7-8H2,1H3,(H,34,35)/b13-9-. The van der Waals surface area contributed by atoms with Crippen LogP contribution in [0, 0.1) is 6.92 Å². The van der Waals surface area contributed by atoms with Gasteiger partial charge in [0, 0.05) is 12.1 Å². The maximum Gasteiger partial charge on any atom is 0.416 e. The lowest BCUT2D eigenvalue weighted by atomic mass is 10.1. The van der Waals surface area contributed by atoms with E-state index in [4.69, 9.17) is 11.6 Å². The van der Waals surface area contributed by atoms with Gasteiger partial charge in [-0.1, -0.05) is 17.7 Å². The Hall–Kier alpha value is -3.92. The average molecular weight is 501 g/mol. The second-order valence-corrected chi connectivity index (χ2v) is 8.46. The minimum absolute atomic E-state index is 0.0131. The fourth-order valence-electron chi connectivity index (χ4n) is 4.12. The summed E-state index contributed by atoms with van der Waals surface area (Å²) in [6.45, 7) is 2.05. The van der Waals surface area contributed by atoms with Crippen LogP contribution in [0.5, 0.6) is 0 Å². The predicted octanol–water partition coefficient (Wildman–Crippen LogP) is 5.21. The lowest BCUT2D eigenvalue weighted by Gasteiger charge is -2.09. The Balaban J connectivity index is 1.61. The lowest BCUT2D eigenvalue weighted by molar-refractivity contribution is -0.137. The average Bonchev–Trinajstić information content (AvgIpc) is 3.34. The number of alkyl halides is 3. The molecule has 3 heterocycles. The van der Waals surface area contributed by atoms with Crippen molar-refractivity contribution in [3.63, 3.8) is 0 Å². The van der Waals surface area contributed by atoms with Crippen molar-refractivity contribution in [3.8, 4) is 5.69 Å². The first-order valence-electron chi connectivity index (χ1n) is 10.5. The molecule has 0 fully saturated rings. The molecule has 1 aliphatic heterocycles. The van der Waals surface area contributed by atoms with Crippen LogP contribution in [0.15, 0.2) is 47.3 Å². The molecular weight excluding hydrogens is 485 g/mol. The summed E-state index contributed by atoms with van der Waals surface area (Å²) < 4.78 is 42.2. The molecule has 0 radical (unpaired) electrons. The normalized spacial score (nSPS) is 14.6. The summed E-state index contributed by atoms with van der Waals surface area (Å²) in [7, 11) is 0. The van der Waals surface area contributed by atoms with Crippen LogP contribution in [-0.4, -0.2) is 30.4 Å². The number of carbonyl (C=O) groups is 1. The highest BCUT2D eigenvalue weighted by molar-refractivity contribution is 6.31. The quantitative estimate of drug-likeness (QED) is 0.417. The molecule has 178 valence electrons. The summed E-state index contributed by atoms with van der Waals surface area (Å²) in [6, 6.07) is 8.84. The Labute approximate surface area is 200 Å². The second kappa shape index (κ2) is 8.09. The van der Waals surface area contributed by atoms with Gasteiger partial charge < -0.3 is 5.11 Å². The molecule has 1 N–H and O–H groups in total. The van der Waals surface area contributed by atoms with Crippen LogP contribution < -0.4 is 5.56 Å². The summed E-state index contributed by atoms with van der Waals surface area (Å²) in [5, 5.41) is 14.0. The zero-order chi connectivity index (χ0) is 25.1. The molecular formula is C24H16ClF3N4O3. The van der Waals surface area contributed by atoms with Gasteiger partial charge >= 0.3 is 12.1 Å². The minimum atomic E-state index is -4.51. The predicted molar refractivity (Wildman–Crippen MR) is 124 cm³/mol. The van der Waals surface area contributed by atoms with E-state index >= 15 is 0 Å². The van der Waals surface area contributed by atoms with Gasteiger partial charge in [-0.05, 0) is 61.4 Å². The molecule has 0 bridgehead atoms. The molecule has 35 heavy (non-hydrogen) atoms. The molecule has 0 saturated heterocycles. The summed E-state index contributed by atoms with van der Waals surface area (Å²) in [4.78, 5) is 28.8. The van der Waals surface area contributed by atoms with Gasteiger partial charge in [0.2, 0.25) is 0 Å². The topological polar surface area (TPSA) is 90.0 Å². The van der Waals surface area contributed by atoms with Gasteiger partial charge in [0.25, 0.3) is 5.56 Å². The third kappa shape index (κ3) is 3.89. The number of carboxylic acid groups (broad SMARTS) is 1. The molecule has 0 aliphatic carbocycles. The zero-order valence-corrected chi connectivity index (χ0v) is 18.9. The molecule has 0 unspecified atom stereocenters. The Morgan fingerprint density at radius 2 is 1.97 bits per heavy atom. The SMILES string of the molecule is Cc1nn(-c2cccc(C(F)(F)F)c2)c(Cl)c1/C=C1/CCn2c1nc1cc(C(=O)O)ccc1c2=O. The van der Waals surface area contributed by atoms with E-state index in [1.165, 1.54) is 39.6 Å². The number of benzene rings is 2. The molecule has 2 aromatic heterocycles. The van der Waals surface area contributed by atoms with Crippen LogP contribution in [0.2, 0.25) is 5.15 Å². The first kappa shape index (κ1) is 22.9. The summed E-state index contributed by atoms with van der Waals surface area (Å²) in [5.41, 5.74) is 0.975. The van der Waals surface area contributed by atoms with E-state index in [2.05, 4.69) is 10.1 Å². The van der Waals surface area contributed by atoms with Crippen molar-refractivity contribution in [3.05, 3.63) is 86.2 Å². The molecule has 2 aromatic carbocycles. The number of nitrogens with zero attached hydrogens (tertiary/aromatic N) is 4. The Morgan fingerprint density at radius 3 is 2.69 bits per heavy atom. The van der Waals surface area contributed by atoms with E-state index in [1.54, 1.807) is 13.0 Å². The second-order valence-electron chi connectivity index (χ2n) is 8.10. The van der Waals surface area contributed by atoms with E-state index in [0.717, 1.165) is 12.1 Å². The molecule has 0 saturated carbocycles. The van der Waals surface area contributed by atoms with Crippen molar-refractivity contribution >= 4 is 40.1 Å². The van der Waals surface area contributed by atoms with E-state index < -0.39 is 17.7 Å². The first-order chi connectivity index (χ1) is 16.5. The van der Waals surface area contributed by atoms with Crippen molar-refractivity contribution < 1.29 is 23.1 Å². The molecule has 0 amide bonds. The monoisotopic (exact) mass is 500 g/mol. The van der Waals surface area contributed by atoms with Gasteiger partial charge in [-0.3, -0.25) is 9.36 Å². The van der Waals surface area contributed by atoms with Gasteiger partial charge in [0.15, 0.2) is 0 Å². The number of hydrogen-bond acceptors (Lipinski definition) is 4. The zero-order valence-electron chi connectivity index (χ0n) is 18.1. The highest BCUT2D eigenvalue weighted by atomic mass is 35.5. The van der Waals surface area contributed by atoms with Crippen LogP contribution in [0.1, 0.15) is 39.4 Å². The fourth-order valence-corrected chi connectivity index (χ4v) is 4.45. The molecule has 0 atom stereocenters. The number of aromatic carboxylic acids is 1. The van der Waals surface area contributed by atoms with Gasteiger partial charge in [-0.25, -0.2) is 14.5 Å². The first-order valence-corrected chi connectivity index (χ1v) is 10.8. The molecule has 7 nitrogen and oxygen atoms in total. The number of hydrogen-bond donors (Lipinski definition) is 1. The van der Waals surface area contributed by atoms with E-state index in [-0.39, 0.29) is 27.5 Å².